The Morgan fingerprint density at radius 3 is 2.27 bits per heavy atom. The molecule has 1 heterocycles. The zero-order chi connectivity index (χ0) is 34.2. The van der Waals surface area contributed by atoms with Gasteiger partial charge in [-0.05, 0) is 84.6 Å². The van der Waals surface area contributed by atoms with E-state index < -0.39 is 23.0 Å². The summed E-state index contributed by atoms with van der Waals surface area (Å²) in [5.74, 6) is -1.82. The number of thioether (sulfide) groups is 1. The molecule has 0 bridgehead atoms. The van der Waals surface area contributed by atoms with Crippen LogP contribution in [-0.4, -0.2) is 41.5 Å². The van der Waals surface area contributed by atoms with Gasteiger partial charge in [-0.2, -0.15) is 0 Å². The first kappa shape index (κ1) is 33.9. The molecule has 5 rings (SSSR count). The van der Waals surface area contributed by atoms with Crippen molar-refractivity contribution < 1.29 is 28.7 Å². The zero-order valence-corrected chi connectivity index (χ0v) is 27.6. The molecule has 0 radical (unpaired) electrons. The number of hydrogen-bond acceptors (Lipinski definition) is 7. The molecule has 0 saturated carbocycles. The van der Waals surface area contributed by atoms with E-state index in [-0.39, 0.29) is 30.5 Å². The summed E-state index contributed by atoms with van der Waals surface area (Å²) < 4.78 is 5.00. The summed E-state index contributed by atoms with van der Waals surface area (Å²) in [7, 11) is 0. The topological polar surface area (TPSA) is 122 Å². The van der Waals surface area contributed by atoms with E-state index in [4.69, 9.17) is 4.74 Å². The molecule has 0 aromatic heterocycles. The molecule has 1 atom stereocenters. The molecule has 1 aliphatic rings. The number of carbonyl (C=O) groups excluding carboxylic acids is 5. The third-order valence-corrected chi connectivity index (χ3v) is 8.73. The Labute approximate surface area is 283 Å². The van der Waals surface area contributed by atoms with Gasteiger partial charge in [-0.1, -0.05) is 62.4 Å². The third kappa shape index (κ3) is 8.26. The number of nitrogens with zero attached hydrogens (tertiary/aromatic N) is 1. The minimum atomic E-state index is -0.678. The van der Waals surface area contributed by atoms with Gasteiger partial charge < -0.3 is 15.4 Å². The lowest BCUT2D eigenvalue weighted by Crippen LogP contribution is -2.31. The van der Waals surface area contributed by atoms with Crippen molar-refractivity contribution in [2.45, 2.75) is 43.3 Å². The predicted octanol–water partition coefficient (Wildman–Crippen LogP) is 6.82. The molecule has 0 spiro atoms. The number of ether oxygens (including phenoxy) is 1. The zero-order valence-electron chi connectivity index (χ0n) is 26.8. The summed E-state index contributed by atoms with van der Waals surface area (Å²) in [5, 5.41) is 4.93. The average molecular weight is 662 g/mol. The lowest BCUT2D eigenvalue weighted by atomic mass is 10.0. The molecule has 48 heavy (non-hydrogen) atoms. The fourth-order valence-corrected chi connectivity index (χ4v) is 6.14. The van der Waals surface area contributed by atoms with Gasteiger partial charge in [0, 0.05) is 22.6 Å². The summed E-state index contributed by atoms with van der Waals surface area (Å²) in [6.07, 6.45) is 1.61. The third-order valence-electron chi connectivity index (χ3n) is 7.56. The van der Waals surface area contributed by atoms with Crippen molar-refractivity contribution in [2.75, 3.05) is 16.8 Å². The SMILES string of the molecule is CCOC(=O)c1ccc(N2C(=O)CC(Sc3cccc(NC(=O)C(=Cc4ccc(C(C)C)cc4)NC(=O)c4ccccc4)c3)C2=O)cc1. The highest BCUT2D eigenvalue weighted by Crippen LogP contribution is 2.35. The molecule has 2 N–H and O–H groups in total. The molecule has 10 heteroatoms. The standard InChI is InChI=1S/C38H35N3O6S/c1-4-47-38(46)28-17-19-30(20-18-28)41-34(42)23-33(37(41)45)48-31-12-8-11-29(22-31)39-36(44)32(40-35(43)27-9-6-5-7-10-27)21-25-13-15-26(16-14-25)24(2)3/h5-22,24,33H,4,23H2,1-3H3,(H,39,44)(H,40,43). The normalized spacial score (nSPS) is 14.6. The van der Waals surface area contributed by atoms with Gasteiger partial charge in [-0.3, -0.25) is 19.2 Å². The lowest BCUT2D eigenvalue weighted by Gasteiger charge is -2.16. The predicted molar refractivity (Wildman–Crippen MR) is 187 cm³/mol. The van der Waals surface area contributed by atoms with Crippen molar-refractivity contribution in [3.8, 4) is 0 Å². The van der Waals surface area contributed by atoms with E-state index in [1.165, 1.54) is 23.9 Å². The monoisotopic (exact) mass is 661 g/mol. The molecule has 0 aliphatic carbocycles. The van der Waals surface area contributed by atoms with Gasteiger partial charge in [0.1, 0.15) is 5.70 Å². The highest BCUT2D eigenvalue weighted by Gasteiger charge is 2.40. The van der Waals surface area contributed by atoms with Gasteiger partial charge in [-0.25, -0.2) is 9.69 Å². The van der Waals surface area contributed by atoms with Crippen molar-refractivity contribution in [1.82, 2.24) is 5.32 Å². The highest BCUT2D eigenvalue weighted by molar-refractivity contribution is 8.00. The number of esters is 1. The van der Waals surface area contributed by atoms with E-state index >= 15 is 0 Å². The first-order valence-electron chi connectivity index (χ1n) is 15.5. The van der Waals surface area contributed by atoms with Gasteiger partial charge in [0.25, 0.3) is 11.8 Å². The van der Waals surface area contributed by atoms with E-state index in [0.717, 1.165) is 16.0 Å². The van der Waals surface area contributed by atoms with Crippen molar-refractivity contribution >= 4 is 58.8 Å². The van der Waals surface area contributed by atoms with Gasteiger partial charge in [0.05, 0.1) is 23.1 Å². The highest BCUT2D eigenvalue weighted by atomic mass is 32.2. The number of benzene rings is 4. The first-order valence-corrected chi connectivity index (χ1v) is 16.4. The van der Waals surface area contributed by atoms with E-state index in [0.29, 0.717) is 33.3 Å². The minimum Gasteiger partial charge on any atom is -0.462 e. The maximum Gasteiger partial charge on any atom is 0.338 e. The fraction of sp³-hybridized carbons (Fsp3) is 0.184. The molecule has 4 aromatic rings. The van der Waals surface area contributed by atoms with Crippen LogP contribution in [-0.2, 0) is 19.1 Å². The number of nitrogens with one attached hydrogen (secondary N) is 2. The second-order valence-corrected chi connectivity index (χ2v) is 12.6. The van der Waals surface area contributed by atoms with E-state index in [2.05, 4.69) is 24.5 Å². The van der Waals surface area contributed by atoms with E-state index in [1.807, 2.05) is 24.3 Å². The van der Waals surface area contributed by atoms with Crippen LogP contribution in [0.2, 0.25) is 0 Å². The molecule has 1 saturated heterocycles. The molecule has 1 unspecified atom stereocenters. The Balaban J connectivity index is 1.30. The van der Waals surface area contributed by atoms with Crippen LogP contribution in [0, 0.1) is 0 Å². The molecule has 1 aliphatic heterocycles. The summed E-state index contributed by atoms with van der Waals surface area (Å²) >= 11 is 1.22. The van der Waals surface area contributed by atoms with Gasteiger partial charge in [-0.15, -0.1) is 11.8 Å². The summed E-state index contributed by atoms with van der Waals surface area (Å²) in [6, 6.07) is 29.5. The van der Waals surface area contributed by atoms with Crippen LogP contribution < -0.4 is 15.5 Å². The molecular formula is C38H35N3O6S. The molecule has 4 aromatic carbocycles. The van der Waals surface area contributed by atoms with Gasteiger partial charge in [0.15, 0.2) is 0 Å². The van der Waals surface area contributed by atoms with Crippen molar-refractivity contribution in [3.05, 3.63) is 131 Å². The molecular weight excluding hydrogens is 627 g/mol. The molecule has 9 nitrogen and oxygen atoms in total. The van der Waals surface area contributed by atoms with E-state index in [9.17, 15) is 24.0 Å². The number of hydrogen-bond donors (Lipinski definition) is 2. The van der Waals surface area contributed by atoms with E-state index in [1.54, 1.807) is 79.7 Å². The number of rotatable bonds is 11. The molecule has 4 amide bonds. The van der Waals surface area contributed by atoms with Crippen molar-refractivity contribution in [1.29, 1.82) is 0 Å². The maximum absolute atomic E-state index is 13.6. The first-order chi connectivity index (χ1) is 23.1. The fourth-order valence-electron chi connectivity index (χ4n) is 5.02. The largest absolute Gasteiger partial charge is 0.462 e. The Morgan fingerprint density at radius 1 is 0.896 bits per heavy atom. The van der Waals surface area contributed by atoms with Crippen LogP contribution in [0.25, 0.3) is 6.08 Å². The second-order valence-electron chi connectivity index (χ2n) is 11.3. The van der Waals surface area contributed by atoms with Crippen LogP contribution in [0.3, 0.4) is 0 Å². The summed E-state index contributed by atoms with van der Waals surface area (Å²) in [6.45, 7) is 6.15. The van der Waals surface area contributed by atoms with Crippen LogP contribution in [0.5, 0.6) is 0 Å². The van der Waals surface area contributed by atoms with Gasteiger partial charge >= 0.3 is 5.97 Å². The molecule has 1 fully saturated rings. The Hall–Kier alpha value is -5.48. The van der Waals surface area contributed by atoms with Crippen LogP contribution in [0.1, 0.15) is 65.0 Å². The second kappa shape index (κ2) is 15.4. The smallest absolute Gasteiger partial charge is 0.338 e. The summed E-state index contributed by atoms with van der Waals surface area (Å²) in [5.41, 5.74) is 3.50. The molecule has 244 valence electrons. The number of amides is 4. The Kier molecular flexibility index (Phi) is 10.9. The van der Waals surface area contributed by atoms with Crippen LogP contribution >= 0.6 is 11.8 Å². The Bertz CT molecular complexity index is 1850. The number of imide groups is 1. The number of anilines is 2. The lowest BCUT2D eigenvalue weighted by molar-refractivity contribution is -0.121. The summed E-state index contributed by atoms with van der Waals surface area (Å²) in [4.78, 5) is 66.6. The minimum absolute atomic E-state index is 0.00623. The van der Waals surface area contributed by atoms with Gasteiger partial charge in [0.2, 0.25) is 11.8 Å². The van der Waals surface area contributed by atoms with Crippen LogP contribution in [0.4, 0.5) is 11.4 Å². The quantitative estimate of drug-likeness (QED) is 0.103. The van der Waals surface area contributed by atoms with Crippen molar-refractivity contribution in [3.63, 3.8) is 0 Å². The maximum atomic E-state index is 13.6. The number of carbonyl (C=O) groups is 5. The Morgan fingerprint density at radius 2 is 1.60 bits per heavy atom. The van der Waals surface area contributed by atoms with Crippen LogP contribution in [0.15, 0.2) is 114 Å². The average Bonchev–Trinajstić information content (AvgIpc) is 3.36. The van der Waals surface area contributed by atoms with Crippen molar-refractivity contribution in [2.24, 2.45) is 0 Å².